The number of hydrogen-bond donors (Lipinski definition) is 2. The van der Waals surface area contributed by atoms with Crippen molar-refractivity contribution >= 4 is 22.8 Å². The summed E-state index contributed by atoms with van der Waals surface area (Å²) < 4.78 is 0. The summed E-state index contributed by atoms with van der Waals surface area (Å²) in [4.78, 5) is 25.2. The largest absolute Gasteiger partial charge is 0.480 e. The molecular formula is C14H15N3O3. The van der Waals surface area contributed by atoms with Crippen LogP contribution >= 0.6 is 0 Å². The molecule has 0 radical (unpaired) electrons. The molecule has 0 saturated carbocycles. The van der Waals surface area contributed by atoms with Crippen LogP contribution in [-0.4, -0.2) is 44.7 Å². The Labute approximate surface area is 115 Å². The summed E-state index contributed by atoms with van der Waals surface area (Å²) in [6.07, 6.45) is 3.87. The lowest BCUT2D eigenvalue weighted by molar-refractivity contribution is -0.143. The number of nitrogens with one attached hydrogen (secondary N) is 1. The van der Waals surface area contributed by atoms with Gasteiger partial charge in [0.15, 0.2) is 0 Å². The molecular weight excluding hydrogens is 258 g/mol. The predicted molar refractivity (Wildman–Crippen MR) is 72.4 cm³/mol. The first-order valence-corrected chi connectivity index (χ1v) is 6.64. The van der Waals surface area contributed by atoms with Gasteiger partial charge >= 0.3 is 5.97 Å². The Bertz CT molecular complexity index is 664. The molecule has 1 atom stereocenters. The fourth-order valence-corrected chi connectivity index (χ4v) is 2.67. The number of hydrogen-bond acceptors (Lipinski definition) is 3. The van der Waals surface area contributed by atoms with Crippen molar-refractivity contribution in [3.05, 3.63) is 30.0 Å². The monoisotopic (exact) mass is 273 g/mol. The Balaban J connectivity index is 1.91. The third kappa shape index (κ3) is 2.13. The van der Waals surface area contributed by atoms with Crippen LogP contribution in [0.25, 0.3) is 10.9 Å². The Hall–Kier alpha value is -2.37. The van der Waals surface area contributed by atoms with Crippen LogP contribution in [0.5, 0.6) is 0 Å². The smallest absolute Gasteiger partial charge is 0.326 e. The number of carbonyl (C=O) groups excluding carboxylic acids is 1. The van der Waals surface area contributed by atoms with Crippen LogP contribution in [0.2, 0.25) is 0 Å². The third-order valence-corrected chi connectivity index (χ3v) is 3.74. The molecule has 2 heterocycles. The summed E-state index contributed by atoms with van der Waals surface area (Å²) in [5.74, 6) is -1.15. The van der Waals surface area contributed by atoms with E-state index in [9.17, 15) is 14.7 Å². The lowest BCUT2D eigenvalue weighted by Crippen LogP contribution is -2.47. The van der Waals surface area contributed by atoms with E-state index < -0.39 is 12.0 Å². The molecule has 1 aliphatic rings. The molecule has 6 heteroatoms. The summed E-state index contributed by atoms with van der Waals surface area (Å²) in [6, 6.07) is 4.52. The Morgan fingerprint density at radius 1 is 1.35 bits per heavy atom. The number of carbonyl (C=O) groups is 2. The van der Waals surface area contributed by atoms with E-state index in [0.29, 0.717) is 18.5 Å². The van der Waals surface area contributed by atoms with Gasteiger partial charge < -0.3 is 10.0 Å². The fourth-order valence-electron chi connectivity index (χ4n) is 2.67. The summed E-state index contributed by atoms with van der Waals surface area (Å²) in [5.41, 5.74) is 1.36. The highest BCUT2D eigenvalue weighted by Gasteiger charge is 2.32. The second kappa shape index (κ2) is 4.96. The fraction of sp³-hybridized carbons (Fsp3) is 0.357. The standard InChI is InChI=1S/C14H15N3O3/c18-13(17-6-2-1-3-12(17)14(19)20)9-4-5-11-10(7-9)8-15-16-11/h4-5,7-8,12H,1-3,6H2,(H,15,16)(H,19,20)/t12-/m0/s1. The number of likely N-dealkylation sites (tertiary alicyclic amines) is 1. The van der Waals surface area contributed by atoms with Crippen LogP contribution < -0.4 is 0 Å². The van der Waals surface area contributed by atoms with Crippen molar-refractivity contribution in [2.24, 2.45) is 0 Å². The van der Waals surface area contributed by atoms with E-state index >= 15 is 0 Å². The van der Waals surface area contributed by atoms with Crippen LogP contribution in [0.15, 0.2) is 24.4 Å². The van der Waals surface area contributed by atoms with E-state index in [0.717, 1.165) is 23.7 Å². The van der Waals surface area contributed by atoms with Crippen molar-refractivity contribution in [2.75, 3.05) is 6.54 Å². The van der Waals surface area contributed by atoms with Crippen LogP contribution in [-0.2, 0) is 4.79 Å². The zero-order valence-corrected chi connectivity index (χ0v) is 10.9. The van der Waals surface area contributed by atoms with Gasteiger partial charge in [0, 0.05) is 17.5 Å². The first-order chi connectivity index (χ1) is 9.66. The maximum Gasteiger partial charge on any atom is 0.326 e. The number of aromatic amines is 1. The zero-order chi connectivity index (χ0) is 14.1. The number of amides is 1. The Kier molecular flexibility index (Phi) is 3.14. The van der Waals surface area contributed by atoms with Gasteiger partial charge in [0.2, 0.25) is 0 Å². The molecule has 3 rings (SSSR count). The maximum atomic E-state index is 12.5. The van der Waals surface area contributed by atoms with E-state index in [-0.39, 0.29) is 5.91 Å². The van der Waals surface area contributed by atoms with Crippen molar-refractivity contribution < 1.29 is 14.7 Å². The lowest BCUT2D eigenvalue weighted by atomic mass is 10.0. The molecule has 6 nitrogen and oxygen atoms in total. The third-order valence-electron chi connectivity index (χ3n) is 3.74. The number of rotatable bonds is 2. The average molecular weight is 273 g/mol. The van der Waals surface area contributed by atoms with E-state index in [1.54, 1.807) is 24.4 Å². The quantitative estimate of drug-likeness (QED) is 0.871. The molecule has 1 aromatic carbocycles. The second-order valence-corrected chi connectivity index (χ2v) is 5.02. The van der Waals surface area contributed by atoms with Crippen molar-refractivity contribution in [1.82, 2.24) is 15.1 Å². The van der Waals surface area contributed by atoms with Gasteiger partial charge in [-0.15, -0.1) is 0 Å². The van der Waals surface area contributed by atoms with Crippen LogP contribution in [0.1, 0.15) is 29.6 Å². The molecule has 1 aromatic heterocycles. The molecule has 20 heavy (non-hydrogen) atoms. The molecule has 2 aromatic rings. The number of nitrogens with zero attached hydrogens (tertiary/aromatic N) is 2. The van der Waals surface area contributed by atoms with Gasteiger partial charge in [-0.3, -0.25) is 9.89 Å². The SMILES string of the molecule is O=C(O)[C@@H]1CCCCN1C(=O)c1ccc2[nH]ncc2c1. The molecule has 0 bridgehead atoms. The second-order valence-electron chi connectivity index (χ2n) is 5.02. The minimum Gasteiger partial charge on any atom is -0.480 e. The molecule has 0 unspecified atom stereocenters. The molecule has 1 saturated heterocycles. The molecule has 1 amide bonds. The first kappa shape index (κ1) is 12.7. The minimum absolute atomic E-state index is 0.222. The van der Waals surface area contributed by atoms with Crippen LogP contribution in [0.4, 0.5) is 0 Å². The predicted octanol–water partition coefficient (Wildman–Crippen LogP) is 1.64. The normalized spacial score (nSPS) is 19.2. The number of carboxylic acid groups (broad SMARTS) is 1. The molecule has 1 aliphatic heterocycles. The number of benzene rings is 1. The summed E-state index contributed by atoms with van der Waals surface area (Å²) >= 11 is 0. The molecule has 1 fully saturated rings. The van der Waals surface area contributed by atoms with Gasteiger partial charge in [0.05, 0.1) is 11.7 Å². The average Bonchev–Trinajstić information content (AvgIpc) is 2.93. The minimum atomic E-state index is -0.928. The van der Waals surface area contributed by atoms with Crippen molar-refractivity contribution in [3.8, 4) is 0 Å². The number of aliphatic carboxylic acids is 1. The van der Waals surface area contributed by atoms with Gasteiger partial charge in [-0.2, -0.15) is 5.10 Å². The molecule has 104 valence electrons. The molecule has 2 N–H and O–H groups in total. The van der Waals surface area contributed by atoms with Gasteiger partial charge in [-0.25, -0.2) is 4.79 Å². The van der Waals surface area contributed by atoms with Crippen molar-refractivity contribution in [3.63, 3.8) is 0 Å². The van der Waals surface area contributed by atoms with Crippen LogP contribution in [0.3, 0.4) is 0 Å². The molecule has 0 aliphatic carbocycles. The van der Waals surface area contributed by atoms with E-state index in [1.807, 2.05) is 0 Å². The Morgan fingerprint density at radius 3 is 3.00 bits per heavy atom. The van der Waals surface area contributed by atoms with E-state index in [2.05, 4.69) is 10.2 Å². The number of aromatic nitrogens is 2. The summed E-state index contributed by atoms with van der Waals surface area (Å²) in [5, 5.41) is 16.8. The number of H-pyrrole nitrogens is 1. The molecule has 0 spiro atoms. The summed E-state index contributed by atoms with van der Waals surface area (Å²) in [6.45, 7) is 0.499. The number of fused-ring (bicyclic) bond motifs is 1. The summed E-state index contributed by atoms with van der Waals surface area (Å²) in [7, 11) is 0. The maximum absolute atomic E-state index is 12.5. The van der Waals surface area contributed by atoms with Crippen molar-refractivity contribution in [1.29, 1.82) is 0 Å². The van der Waals surface area contributed by atoms with Gasteiger partial charge in [0.25, 0.3) is 5.91 Å². The number of piperidine rings is 1. The van der Waals surface area contributed by atoms with Gasteiger partial charge in [-0.1, -0.05) is 0 Å². The Morgan fingerprint density at radius 2 is 2.20 bits per heavy atom. The van der Waals surface area contributed by atoms with Gasteiger partial charge in [0.1, 0.15) is 6.04 Å². The topological polar surface area (TPSA) is 86.3 Å². The van der Waals surface area contributed by atoms with E-state index in [4.69, 9.17) is 0 Å². The first-order valence-electron chi connectivity index (χ1n) is 6.64. The zero-order valence-electron chi connectivity index (χ0n) is 10.9. The highest BCUT2D eigenvalue weighted by Crippen LogP contribution is 2.21. The van der Waals surface area contributed by atoms with Gasteiger partial charge in [-0.05, 0) is 37.5 Å². The highest BCUT2D eigenvalue weighted by molar-refractivity contribution is 5.99. The number of carboxylic acids is 1. The highest BCUT2D eigenvalue weighted by atomic mass is 16.4. The van der Waals surface area contributed by atoms with Crippen LogP contribution in [0, 0.1) is 0 Å². The van der Waals surface area contributed by atoms with E-state index in [1.165, 1.54) is 4.90 Å². The lowest BCUT2D eigenvalue weighted by Gasteiger charge is -2.33. The van der Waals surface area contributed by atoms with Crippen molar-refractivity contribution in [2.45, 2.75) is 25.3 Å².